The number of ether oxygens (including phenoxy) is 1. The molecule has 1 aromatic carbocycles. The summed E-state index contributed by atoms with van der Waals surface area (Å²) < 4.78 is 11.6. The van der Waals surface area contributed by atoms with Gasteiger partial charge in [-0.3, -0.25) is 9.59 Å². The van der Waals surface area contributed by atoms with Crippen molar-refractivity contribution in [2.75, 3.05) is 11.9 Å². The Morgan fingerprint density at radius 3 is 2.71 bits per heavy atom. The molecule has 162 valence electrons. The Morgan fingerprint density at radius 1 is 1.26 bits per heavy atom. The summed E-state index contributed by atoms with van der Waals surface area (Å²) in [5.74, 6) is -2.09. The number of furan rings is 1. The number of aromatic nitrogens is 3. The molecule has 2 aromatic heterocycles. The molecule has 0 aliphatic carbocycles. The summed E-state index contributed by atoms with van der Waals surface area (Å²) in [4.78, 5) is 40.9. The van der Waals surface area contributed by atoms with Gasteiger partial charge in [-0.25, -0.2) is 14.5 Å². The van der Waals surface area contributed by atoms with Crippen molar-refractivity contribution in [3.63, 3.8) is 0 Å². The number of rotatable bonds is 8. The molecule has 0 saturated carbocycles. The Labute approximate surface area is 182 Å². The van der Waals surface area contributed by atoms with Gasteiger partial charge in [0, 0.05) is 5.02 Å². The van der Waals surface area contributed by atoms with Crippen LogP contribution in [0.3, 0.4) is 0 Å². The lowest BCUT2D eigenvalue weighted by Crippen LogP contribution is -2.45. The zero-order chi connectivity index (χ0) is 22.4. The van der Waals surface area contributed by atoms with E-state index in [1.165, 1.54) is 29.7 Å². The predicted octanol–water partition coefficient (Wildman–Crippen LogP) is 2.45. The summed E-state index contributed by atoms with van der Waals surface area (Å²) in [5, 5.41) is 9.61. The van der Waals surface area contributed by atoms with E-state index in [1.807, 2.05) is 0 Å². The zero-order valence-corrected chi connectivity index (χ0v) is 17.5. The fourth-order valence-electron chi connectivity index (χ4n) is 2.67. The highest BCUT2D eigenvalue weighted by Gasteiger charge is 2.27. The first kappa shape index (κ1) is 22.0. The second-order valence-electron chi connectivity index (χ2n) is 6.83. The minimum absolute atomic E-state index is 0.0674. The Hall–Kier alpha value is -3.66. The van der Waals surface area contributed by atoms with Crippen LogP contribution in [0.1, 0.15) is 24.4 Å². The van der Waals surface area contributed by atoms with Gasteiger partial charge in [-0.15, -0.1) is 0 Å². The van der Waals surface area contributed by atoms with Crippen molar-refractivity contribution >= 4 is 35.1 Å². The largest absolute Gasteiger partial charge is 0.459 e. The number of hydrogen-bond donors (Lipinski definition) is 2. The van der Waals surface area contributed by atoms with Crippen LogP contribution in [0.15, 0.2) is 53.7 Å². The van der Waals surface area contributed by atoms with Gasteiger partial charge in [0.1, 0.15) is 18.7 Å². The van der Waals surface area contributed by atoms with Crippen LogP contribution in [0.2, 0.25) is 5.02 Å². The average molecular weight is 446 g/mol. The lowest BCUT2D eigenvalue weighted by Gasteiger charge is -2.20. The molecular formula is C20H20ClN5O5. The van der Waals surface area contributed by atoms with E-state index in [9.17, 15) is 14.4 Å². The number of nitrogens with zero attached hydrogens (tertiary/aromatic N) is 3. The minimum atomic E-state index is -0.956. The number of esters is 1. The number of amides is 2. The van der Waals surface area contributed by atoms with E-state index in [-0.39, 0.29) is 11.7 Å². The fraction of sp³-hybridized carbons (Fsp3) is 0.250. The maximum Gasteiger partial charge on any atom is 0.329 e. The van der Waals surface area contributed by atoms with Crippen molar-refractivity contribution in [3.8, 4) is 5.69 Å². The summed E-state index contributed by atoms with van der Waals surface area (Å²) in [7, 11) is 0. The summed E-state index contributed by atoms with van der Waals surface area (Å²) in [6.45, 7) is 2.93. The molecule has 0 fully saturated rings. The molecule has 3 rings (SSSR count). The second-order valence-corrected chi connectivity index (χ2v) is 7.27. The third-order valence-corrected chi connectivity index (χ3v) is 4.43. The predicted molar refractivity (Wildman–Crippen MR) is 111 cm³/mol. The SMILES string of the molecule is CC(C)[C@H](NC(=O)c1ccco1)C(=O)OCC(=O)Nc1cc(Cl)ccc1-n1cncn1. The standard InChI is InChI=1S/C20H20ClN5O5/c1-12(2)18(25-19(28)16-4-3-7-30-16)20(29)31-9-17(27)24-14-8-13(21)5-6-15(14)26-11-22-10-23-26/h3-8,10-12,18H,9H2,1-2H3,(H,24,27)(H,25,28)/t18-/m0/s1. The molecule has 0 saturated heterocycles. The number of carbonyl (C=O) groups is 3. The first-order valence-electron chi connectivity index (χ1n) is 9.30. The Bertz CT molecular complexity index is 1050. The molecule has 0 spiro atoms. The number of hydrogen-bond acceptors (Lipinski definition) is 7. The van der Waals surface area contributed by atoms with Crippen LogP contribution < -0.4 is 10.6 Å². The summed E-state index contributed by atoms with van der Waals surface area (Å²) >= 11 is 6.03. The normalized spacial score (nSPS) is 11.7. The van der Waals surface area contributed by atoms with Gasteiger partial charge in [0.05, 0.1) is 17.6 Å². The van der Waals surface area contributed by atoms with E-state index >= 15 is 0 Å². The lowest BCUT2D eigenvalue weighted by atomic mass is 10.0. The van der Waals surface area contributed by atoms with Crippen LogP contribution in [-0.4, -0.2) is 45.2 Å². The summed E-state index contributed by atoms with van der Waals surface area (Å²) in [5.41, 5.74) is 0.901. The van der Waals surface area contributed by atoms with Gasteiger partial charge in [-0.2, -0.15) is 5.10 Å². The topological polar surface area (TPSA) is 128 Å². The van der Waals surface area contributed by atoms with E-state index in [0.29, 0.717) is 16.4 Å². The molecule has 2 N–H and O–H groups in total. The molecule has 2 amide bonds. The Balaban J connectivity index is 1.61. The van der Waals surface area contributed by atoms with Crippen molar-refractivity contribution < 1.29 is 23.5 Å². The van der Waals surface area contributed by atoms with Crippen LogP contribution in [0.25, 0.3) is 5.69 Å². The molecule has 1 atom stereocenters. The summed E-state index contributed by atoms with van der Waals surface area (Å²) in [6.07, 6.45) is 4.17. The van der Waals surface area contributed by atoms with Crippen LogP contribution in [0, 0.1) is 5.92 Å². The van der Waals surface area contributed by atoms with Crippen molar-refractivity contribution in [2.24, 2.45) is 5.92 Å². The van der Waals surface area contributed by atoms with E-state index in [4.69, 9.17) is 20.8 Å². The molecule has 0 radical (unpaired) electrons. The zero-order valence-electron chi connectivity index (χ0n) is 16.7. The van der Waals surface area contributed by atoms with Crippen molar-refractivity contribution in [1.82, 2.24) is 20.1 Å². The molecule has 2 heterocycles. The van der Waals surface area contributed by atoms with Gasteiger partial charge in [-0.05, 0) is 36.2 Å². The molecule has 3 aromatic rings. The van der Waals surface area contributed by atoms with E-state index < -0.39 is 30.4 Å². The summed E-state index contributed by atoms with van der Waals surface area (Å²) in [6, 6.07) is 6.93. The van der Waals surface area contributed by atoms with Crippen molar-refractivity contribution in [2.45, 2.75) is 19.9 Å². The van der Waals surface area contributed by atoms with Crippen molar-refractivity contribution in [1.29, 1.82) is 0 Å². The monoisotopic (exact) mass is 445 g/mol. The second kappa shape index (κ2) is 9.90. The molecule has 10 nitrogen and oxygen atoms in total. The molecule has 0 unspecified atom stereocenters. The maximum atomic E-state index is 12.5. The molecular weight excluding hydrogens is 426 g/mol. The van der Waals surface area contributed by atoms with Crippen LogP contribution >= 0.6 is 11.6 Å². The van der Waals surface area contributed by atoms with Gasteiger partial charge < -0.3 is 19.8 Å². The number of halogens is 1. The third-order valence-electron chi connectivity index (χ3n) is 4.20. The van der Waals surface area contributed by atoms with Gasteiger partial charge >= 0.3 is 5.97 Å². The van der Waals surface area contributed by atoms with E-state index in [0.717, 1.165) is 0 Å². The van der Waals surface area contributed by atoms with Gasteiger partial charge in [0.25, 0.3) is 11.8 Å². The highest BCUT2D eigenvalue weighted by atomic mass is 35.5. The third kappa shape index (κ3) is 5.70. The number of nitrogens with one attached hydrogen (secondary N) is 2. The van der Waals surface area contributed by atoms with Crippen molar-refractivity contribution in [3.05, 3.63) is 60.0 Å². The Morgan fingerprint density at radius 2 is 2.06 bits per heavy atom. The van der Waals surface area contributed by atoms with E-state index in [1.54, 1.807) is 38.1 Å². The smallest absolute Gasteiger partial charge is 0.329 e. The lowest BCUT2D eigenvalue weighted by molar-refractivity contribution is -0.150. The number of benzene rings is 1. The Kier molecular flexibility index (Phi) is 7.03. The quantitative estimate of drug-likeness (QED) is 0.509. The molecule has 0 aliphatic heterocycles. The van der Waals surface area contributed by atoms with Crippen LogP contribution in [0.4, 0.5) is 5.69 Å². The molecule has 0 bridgehead atoms. The molecule has 0 aliphatic rings. The molecule has 31 heavy (non-hydrogen) atoms. The number of anilines is 1. The highest BCUT2D eigenvalue weighted by molar-refractivity contribution is 6.31. The first-order chi connectivity index (χ1) is 14.8. The van der Waals surface area contributed by atoms with Crippen LogP contribution in [0.5, 0.6) is 0 Å². The van der Waals surface area contributed by atoms with Gasteiger partial charge in [0.2, 0.25) is 0 Å². The molecule has 11 heteroatoms. The first-order valence-corrected chi connectivity index (χ1v) is 9.68. The van der Waals surface area contributed by atoms with Gasteiger partial charge in [0.15, 0.2) is 12.4 Å². The number of carbonyl (C=O) groups excluding carboxylic acids is 3. The van der Waals surface area contributed by atoms with Gasteiger partial charge in [-0.1, -0.05) is 25.4 Å². The minimum Gasteiger partial charge on any atom is -0.459 e. The maximum absolute atomic E-state index is 12.5. The highest BCUT2D eigenvalue weighted by Crippen LogP contribution is 2.23. The van der Waals surface area contributed by atoms with Crippen LogP contribution in [-0.2, 0) is 14.3 Å². The van der Waals surface area contributed by atoms with E-state index in [2.05, 4.69) is 20.7 Å². The average Bonchev–Trinajstić information content (AvgIpc) is 3.44. The fourth-order valence-corrected chi connectivity index (χ4v) is 2.84.